The maximum absolute atomic E-state index is 12.4. The number of hydrogen-bond donors (Lipinski definition) is 1. The average molecular weight is 489 g/mol. The number of nitrogens with one attached hydrogen (secondary N) is 1. The zero-order chi connectivity index (χ0) is 25.0. The zero-order valence-electron chi connectivity index (χ0n) is 20.0. The Morgan fingerprint density at radius 2 is 1.43 bits per heavy atom. The minimum Gasteiger partial charge on any atom is -0.368 e. The zero-order valence-corrected chi connectivity index (χ0v) is 20.0. The number of aromatic nitrogens is 5. The standard InChI is InChI=1S/C28H24N8O/c37-28(22-16-30-19-31-17-22)33-23-4-1-20(2-5-23)21-3-6-25-26(15-21)34-27(18-32-25)36-13-11-35(12-14-36)24-7-9-29-10-8-24/h1-10,15-19H,11-14H2,(H,33,37). The summed E-state index contributed by atoms with van der Waals surface area (Å²) in [6.45, 7) is 3.60. The molecule has 1 fully saturated rings. The predicted molar refractivity (Wildman–Crippen MR) is 144 cm³/mol. The first-order valence-electron chi connectivity index (χ1n) is 12.1. The van der Waals surface area contributed by atoms with Crippen LogP contribution >= 0.6 is 0 Å². The predicted octanol–water partition coefficient (Wildman–Crippen LogP) is 4.06. The van der Waals surface area contributed by atoms with Crippen molar-refractivity contribution < 1.29 is 4.79 Å². The molecule has 0 spiro atoms. The monoisotopic (exact) mass is 488 g/mol. The van der Waals surface area contributed by atoms with Gasteiger partial charge in [-0.2, -0.15) is 0 Å². The number of piperazine rings is 1. The number of rotatable bonds is 5. The van der Waals surface area contributed by atoms with Crippen molar-refractivity contribution in [3.63, 3.8) is 0 Å². The summed E-state index contributed by atoms with van der Waals surface area (Å²) >= 11 is 0. The Morgan fingerprint density at radius 1 is 0.730 bits per heavy atom. The molecule has 2 aromatic carbocycles. The van der Waals surface area contributed by atoms with Crippen molar-refractivity contribution in [3.05, 3.63) is 97.5 Å². The lowest BCUT2D eigenvalue weighted by molar-refractivity contribution is 0.102. The first-order valence-corrected chi connectivity index (χ1v) is 12.1. The van der Waals surface area contributed by atoms with Gasteiger partial charge in [0.2, 0.25) is 0 Å². The molecule has 0 atom stereocenters. The molecule has 0 radical (unpaired) electrons. The van der Waals surface area contributed by atoms with Crippen molar-refractivity contribution in [3.8, 4) is 11.1 Å². The number of benzene rings is 2. The van der Waals surface area contributed by atoms with Crippen molar-refractivity contribution >= 4 is 34.1 Å². The van der Waals surface area contributed by atoms with Gasteiger partial charge in [-0.1, -0.05) is 18.2 Å². The van der Waals surface area contributed by atoms with Gasteiger partial charge in [0.05, 0.1) is 22.8 Å². The van der Waals surface area contributed by atoms with Crippen LogP contribution in [0.4, 0.5) is 17.2 Å². The van der Waals surface area contributed by atoms with Gasteiger partial charge in [-0.3, -0.25) is 14.8 Å². The van der Waals surface area contributed by atoms with Crippen LogP contribution in [0.1, 0.15) is 10.4 Å². The third-order valence-corrected chi connectivity index (χ3v) is 6.46. The highest BCUT2D eigenvalue weighted by Crippen LogP contribution is 2.26. The van der Waals surface area contributed by atoms with E-state index >= 15 is 0 Å². The maximum atomic E-state index is 12.4. The second-order valence-corrected chi connectivity index (χ2v) is 8.77. The number of amides is 1. The largest absolute Gasteiger partial charge is 0.368 e. The summed E-state index contributed by atoms with van der Waals surface area (Å²) in [6.07, 6.45) is 9.89. The van der Waals surface area contributed by atoms with Gasteiger partial charge in [0.15, 0.2) is 0 Å². The molecule has 1 aliphatic heterocycles. The van der Waals surface area contributed by atoms with E-state index < -0.39 is 0 Å². The van der Waals surface area contributed by atoms with Crippen LogP contribution in [-0.2, 0) is 0 Å². The van der Waals surface area contributed by atoms with Crippen LogP contribution < -0.4 is 15.1 Å². The highest BCUT2D eigenvalue weighted by molar-refractivity contribution is 6.03. The fourth-order valence-electron chi connectivity index (χ4n) is 4.45. The summed E-state index contributed by atoms with van der Waals surface area (Å²) in [7, 11) is 0. The van der Waals surface area contributed by atoms with Crippen LogP contribution in [0.2, 0.25) is 0 Å². The van der Waals surface area contributed by atoms with E-state index in [1.54, 1.807) is 0 Å². The maximum Gasteiger partial charge on any atom is 0.258 e. The third kappa shape index (κ3) is 4.92. The molecule has 1 saturated heterocycles. The number of fused-ring (bicyclic) bond motifs is 1. The van der Waals surface area contributed by atoms with Crippen molar-refractivity contribution in [2.75, 3.05) is 41.3 Å². The van der Waals surface area contributed by atoms with Crippen LogP contribution in [0.15, 0.2) is 91.9 Å². The van der Waals surface area contributed by atoms with Gasteiger partial charge >= 0.3 is 0 Å². The van der Waals surface area contributed by atoms with E-state index in [0.717, 1.165) is 54.2 Å². The molecule has 0 bridgehead atoms. The molecule has 0 aliphatic carbocycles. The van der Waals surface area contributed by atoms with Crippen LogP contribution in [0.3, 0.4) is 0 Å². The Kier molecular flexibility index (Phi) is 6.08. The smallest absolute Gasteiger partial charge is 0.258 e. The second-order valence-electron chi connectivity index (χ2n) is 8.77. The normalized spacial score (nSPS) is 13.5. The Hall–Kier alpha value is -4.92. The van der Waals surface area contributed by atoms with Crippen molar-refractivity contribution in [2.45, 2.75) is 0 Å². The number of carbonyl (C=O) groups is 1. The molecule has 0 saturated carbocycles. The first kappa shape index (κ1) is 22.5. The Labute approximate surface area is 213 Å². The molecule has 1 amide bonds. The average Bonchev–Trinajstić information content (AvgIpc) is 2.98. The topological polar surface area (TPSA) is 100 Å². The first-order chi connectivity index (χ1) is 18.2. The molecular formula is C28H24N8O. The minimum atomic E-state index is -0.247. The van der Waals surface area contributed by atoms with Gasteiger partial charge in [0.1, 0.15) is 12.1 Å². The van der Waals surface area contributed by atoms with Gasteiger partial charge in [-0.15, -0.1) is 0 Å². The Morgan fingerprint density at radius 3 is 2.19 bits per heavy atom. The molecule has 0 unspecified atom stereocenters. The molecule has 4 heterocycles. The minimum absolute atomic E-state index is 0.247. The summed E-state index contributed by atoms with van der Waals surface area (Å²) in [5.74, 6) is 0.644. The summed E-state index contributed by atoms with van der Waals surface area (Å²) in [5.41, 5.74) is 6.09. The molecule has 37 heavy (non-hydrogen) atoms. The lowest BCUT2D eigenvalue weighted by Crippen LogP contribution is -2.46. The molecule has 9 heteroatoms. The van der Waals surface area contributed by atoms with E-state index in [9.17, 15) is 4.79 Å². The number of hydrogen-bond acceptors (Lipinski definition) is 8. The van der Waals surface area contributed by atoms with Crippen molar-refractivity contribution in [2.24, 2.45) is 0 Å². The summed E-state index contributed by atoms with van der Waals surface area (Å²) in [4.78, 5) is 38.5. The lowest BCUT2D eigenvalue weighted by atomic mass is 10.0. The van der Waals surface area contributed by atoms with E-state index in [-0.39, 0.29) is 5.91 Å². The van der Waals surface area contributed by atoms with Gasteiger partial charge < -0.3 is 15.1 Å². The molecule has 3 aromatic heterocycles. The van der Waals surface area contributed by atoms with E-state index in [1.807, 2.05) is 67.1 Å². The van der Waals surface area contributed by atoms with Crippen LogP contribution in [0, 0.1) is 0 Å². The van der Waals surface area contributed by atoms with Gasteiger partial charge in [0.25, 0.3) is 5.91 Å². The number of pyridine rings is 1. The van der Waals surface area contributed by atoms with E-state index in [0.29, 0.717) is 11.3 Å². The van der Waals surface area contributed by atoms with Gasteiger partial charge in [-0.25, -0.2) is 15.0 Å². The van der Waals surface area contributed by atoms with Gasteiger partial charge in [-0.05, 0) is 47.5 Å². The fraction of sp³-hybridized carbons (Fsp3) is 0.143. The molecule has 5 aromatic rings. The highest BCUT2D eigenvalue weighted by Gasteiger charge is 2.19. The fourth-order valence-corrected chi connectivity index (χ4v) is 4.45. The van der Waals surface area contributed by atoms with Crippen LogP contribution in [0.5, 0.6) is 0 Å². The van der Waals surface area contributed by atoms with Crippen molar-refractivity contribution in [1.29, 1.82) is 0 Å². The number of anilines is 3. The quantitative estimate of drug-likeness (QED) is 0.395. The molecule has 9 nitrogen and oxygen atoms in total. The SMILES string of the molecule is O=C(Nc1ccc(-c2ccc3ncc(N4CCN(c5ccncc5)CC4)nc3c2)cc1)c1cncnc1. The number of nitrogens with zero attached hydrogens (tertiary/aromatic N) is 7. The Bertz CT molecular complexity index is 1520. The summed E-state index contributed by atoms with van der Waals surface area (Å²) in [5, 5.41) is 2.87. The third-order valence-electron chi connectivity index (χ3n) is 6.46. The van der Waals surface area contributed by atoms with Gasteiger partial charge in [0, 0.05) is 62.3 Å². The van der Waals surface area contributed by atoms with Crippen LogP contribution in [-0.4, -0.2) is 57.0 Å². The lowest BCUT2D eigenvalue weighted by Gasteiger charge is -2.36. The van der Waals surface area contributed by atoms with E-state index in [4.69, 9.17) is 4.98 Å². The molecule has 1 N–H and O–H groups in total. The van der Waals surface area contributed by atoms with E-state index in [2.05, 4.69) is 41.1 Å². The molecular weight excluding hydrogens is 464 g/mol. The van der Waals surface area contributed by atoms with Crippen LogP contribution in [0.25, 0.3) is 22.2 Å². The second kappa shape index (κ2) is 9.98. The molecule has 182 valence electrons. The summed E-state index contributed by atoms with van der Waals surface area (Å²) < 4.78 is 0. The van der Waals surface area contributed by atoms with E-state index in [1.165, 1.54) is 24.4 Å². The molecule has 1 aliphatic rings. The Balaban J connectivity index is 1.16. The summed E-state index contributed by atoms with van der Waals surface area (Å²) in [6, 6.07) is 17.9. The number of carbonyl (C=O) groups excluding carboxylic acids is 1. The van der Waals surface area contributed by atoms with Crippen molar-refractivity contribution in [1.82, 2.24) is 24.9 Å². The highest BCUT2D eigenvalue weighted by atomic mass is 16.1. The molecule has 6 rings (SSSR count).